The SMILES string of the molecule is O=Cc1ccc(Cl)cc1-c1cc2cc(Cl)ccc2o1. The predicted octanol–water partition coefficient (Wildman–Crippen LogP) is 5.22. The summed E-state index contributed by atoms with van der Waals surface area (Å²) in [4.78, 5) is 11.1. The second-order valence-electron chi connectivity index (χ2n) is 4.14. The smallest absolute Gasteiger partial charge is 0.150 e. The van der Waals surface area contributed by atoms with E-state index in [9.17, 15) is 4.79 Å². The molecule has 0 amide bonds. The highest BCUT2D eigenvalue weighted by Crippen LogP contribution is 2.32. The van der Waals surface area contributed by atoms with Gasteiger partial charge in [0.1, 0.15) is 11.3 Å². The van der Waals surface area contributed by atoms with Crippen LogP contribution in [0, 0.1) is 0 Å². The molecule has 0 spiro atoms. The molecule has 94 valence electrons. The van der Waals surface area contributed by atoms with Gasteiger partial charge in [0.25, 0.3) is 0 Å². The first-order valence-electron chi connectivity index (χ1n) is 5.61. The third kappa shape index (κ3) is 2.25. The minimum Gasteiger partial charge on any atom is -0.456 e. The number of fused-ring (bicyclic) bond motifs is 1. The van der Waals surface area contributed by atoms with Gasteiger partial charge in [0, 0.05) is 26.6 Å². The van der Waals surface area contributed by atoms with Crippen LogP contribution in [0.3, 0.4) is 0 Å². The van der Waals surface area contributed by atoms with Crippen molar-refractivity contribution in [1.29, 1.82) is 0 Å². The van der Waals surface area contributed by atoms with Crippen molar-refractivity contribution in [2.45, 2.75) is 0 Å². The van der Waals surface area contributed by atoms with Gasteiger partial charge in [-0.1, -0.05) is 23.2 Å². The maximum absolute atomic E-state index is 11.1. The van der Waals surface area contributed by atoms with Crippen molar-refractivity contribution in [1.82, 2.24) is 0 Å². The molecule has 0 unspecified atom stereocenters. The summed E-state index contributed by atoms with van der Waals surface area (Å²) >= 11 is 11.9. The van der Waals surface area contributed by atoms with Crippen molar-refractivity contribution in [3.05, 3.63) is 58.1 Å². The highest BCUT2D eigenvalue weighted by Gasteiger charge is 2.11. The zero-order valence-corrected chi connectivity index (χ0v) is 11.2. The molecule has 0 atom stereocenters. The molecule has 0 aliphatic carbocycles. The Bertz CT molecular complexity index is 775. The molecule has 0 N–H and O–H groups in total. The topological polar surface area (TPSA) is 30.2 Å². The molecule has 0 saturated carbocycles. The summed E-state index contributed by atoms with van der Waals surface area (Å²) in [6, 6.07) is 12.3. The maximum atomic E-state index is 11.1. The number of aldehydes is 1. The van der Waals surface area contributed by atoms with Gasteiger partial charge in [0.2, 0.25) is 0 Å². The van der Waals surface area contributed by atoms with Crippen molar-refractivity contribution < 1.29 is 9.21 Å². The van der Waals surface area contributed by atoms with Gasteiger partial charge in [-0.05, 0) is 42.5 Å². The van der Waals surface area contributed by atoms with E-state index in [1.54, 1.807) is 30.3 Å². The Morgan fingerprint density at radius 2 is 1.68 bits per heavy atom. The first kappa shape index (κ1) is 12.3. The van der Waals surface area contributed by atoms with E-state index in [1.165, 1.54) is 0 Å². The average molecular weight is 291 g/mol. The molecular formula is C15H8Cl2O2. The van der Waals surface area contributed by atoms with Crippen molar-refractivity contribution in [2.75, 3.05) is 0 Å². The van der Waals surface area contributed by atoms with Crippen LogP contribution in [0.2, 0.25) is 10.0 Å². The number of benzene rings is 2. The van der Waals surface area contributed by atoms with E-state index in [0.29, 0.717) is 26.9 Å². The van der Waals surface area contributed by atoms with Crippen molar-refractivity contribution >= 4 is 40.5 Å². The highest BCUT2D eigenvalue weighted by molar-refractivity contribution is 6.31. The fourth-order valence-electron chi connectivity index (χ4n) is 1.99. The van der Waals surface area contributed by atoms with Gasteiger partial charge in [-0.25, -0.2) is 0 Å². The zero-order valence-electron chi connectivity index (χ0n) is 9.69. The van der Waals surface area contributed by atoms with Gasteiger partial charge in [-0.3, -0.25) is 4.79 Å². The first-order chi connectivity index (χ1) is 9.17. The summed E-state index contributed by atoms with van der Waals surface area (Å²) in [5.41, 5.74) is 1.93. The van der Waals surface area contributed by atoms with E-state index < -0.39 is 0 Å². The molecule has 19 heavy (non-hydrogen) atoms. The van der Waals surface area contributed by atoms with Crippen LogP contribution in [0.4, 0.5) is 0 Å². The molecule has 0 radical (unpaired) electrons. The lowest BCUT2D eigenvalue weighted by atomic mass is 10.1. The Balaban J connectivity index is 2.24. The number of carbonyl (C=O) groups is 1. The molecule has 4 heteroatoms. The molecule has 0 fully saturated rings. The fourth-order valence-corrected chi connectivity index (χ4v) is 2.34. The number of hydrogen-bond acceptors (Lipinski definition) is 2. The Kier molecular flexibility index (Phi) is 3.05. The van der Waals surface area contributed by atoms with Gasteiger partial charge in [-0.15, -0.1) is 0 Å². The standard InChI is InChI=1S/C15H8Cl2O2/c16-11-3-4-14-10(5-11)6-15(19-14)13-7-12(17)2-1-9(13)8-18/h1-8H. The van der Waals surface area contributed by atoms with Crippen molar-refractivity contribution in [3.63, 3.8) is 0 Å². The summed E-state index contributed by atoms with van der Waals surface area (Å²) in [5, 5.41) is 2.08. The minimum atomic E-state index is 0.537. The summed E-state index contributed by atoms with van der Waals surface area (Å²) in [6.07, 6.45) is 0.784. The van der Waals surface area contributed by atoms with Crippen LogP contribution in [0.1, 0.15) is 10.4 Å². The van der Waals surface area contributed by atoms with Gasteiger partial charge in [0.05, 0.1) is 0 Å². The second-order valence-corrected chi connectivity index (χ2v) is 5.02. The van der Waals surface area contributed by atoms with Crippen LogP contribution < -0.4 is 0 Å². The van der Waals surface area contributed by atoms with Crippen molar-refractivity contribution in [2.24, 2.45) is 0 Å². The number of carbonyl (C=O) groups excluding carboxylic acids is 1. The van der Waals surface area contributed by atoms with E-state index in [-0.39, 0.29) is 0 Å². The average Bonchev–Trinajstić information content (AvgIpc) is 2.81. The molecule has 0 aliphatic heterocycles. The van der Waals surface area contributed by atoms with Crippen LogP contribution in [0.15, 0.2) is 46.9 Å². The number of rotatable bonds is 2. The molecule has 1 aromatic heterocycles. The molecule has 2 nitrogen and oxygen atoms in total. The van der Waals surface area contributed by atoms with Crippen LogP contribution in [0.25, 0.3) is 22.3 Å². The number of furan rings is 1. The largest absolute Gasteiger partial charge is 0.456 e. The van der Waals surface area contributed by atoms with E-state index >= 15 is 0 Å². The minimum absolute atomic E-state index is 0.537. The van der Waals surface area contributed by atoms with Crippen LogP contribution in [-0.2, 0) is 0 Å². The van der Waals surface area contributed by atoms with Crippen LogP contribution in [0.5, 0.6) is 0 Å². The maximum Gasteiger partial charge on any atom is 0.150 e. The van der Waals surface area contributed by atoms with Gasteiger partial charge in [-0.2, -0.15) is 0 Å². The Morgan fingerprint density at radius 3 is 2.47 bits per heavy atom. The lowest BCUT2D eigenvalue weighted by molar-refractivity contribution is 0.112. The molecular weight excluding hydrogens is 283 g/mol. The molecule has 2 aromatic carbocycles. The lowest BCUT2D eigenvalue weighted by Crippen LogP contribution is -1.85. The Morgan fingerprint density at radius 1 is 0.947 bits per heavy atom. The summed E-state index contributed by atoms with van der Waals surface area (Å²) < 4.78 is 5.73. The molecule has 3 aromatic rings. The second kappa shape index (κ2) is 4.72. The van der Waals surface area contributed by atoms with E-state index in [1.807, 2.05) is 12.1 Å². The number of hydrogen-bond donors (Lipinski definition) is 0. The molecule has 1 heterocycles. The van der Waals surface area contributed by atoms with Crippen LogP contribution >= 0.6 is 23.2 Å². The third-order valence-corrected chi connectivity index (χ3v) is 3.36. The van der Waals surface area contributed by atoms with E-state index in [2.05, 4.69) is 0 Å². The summed E-state index contributed by atoms with van der Waals surface area (Å²) in [6.45, 7) is 0. The Hall–Kier alpha value is -1.77. The first-order valence-corrected chi connectivity index (χ1v) is 6.37. The summed E-state index contributed by atoms with van der Waals surface area (Å²) in [7, 11) is 0. The van der Waals surface area contributed by atoms with Gasteiger partial charge < -0.3 is 4.42 Å². The molecule has 0 aliphatic rings. The third-order valence-electron chi connectivity index (χ3n) is 2.89. The molecule has 0 saturated heterocycles. The summed E-state index contributed by atoms with van der Waals surface area (Å²) in [5.74, 6) is 0.599. The fraction of sp³-hybridized carbons (Fsp3) is 0. The van der Waals surface area contributed by atoms with Crippen LogP contribution in [-0.4, -0.2) is 6.29 Å². The monoisotopic (exact) mass is 290 g/mol. The quantitative estimate of drug-likeness (QED) is 0.606. The Labute approximate surface area is 119 Å². The molecule has 3 rings (SSSR count). The zero-order chi connectivity index (χ0) is 13.4. The van der Waals surface area contributed by atoms with E-state index in [4.69, 9.17) is 27.6 Å². The lowest BCUT2D eigenvalue weighted by Gasteiger charge is -2.01. The normalized spacial score (nSPS) is 10.8. The van der Waals surface area contributed by atoms with Gasteiger partial charge >= 0.3 is 0 Å². The van der Waals surface area contributed by atoms with Gasteiger partial charge in [0.15, 0.2) is 6.29 Å². The number of halogens is 2. The predicted molar refractivity (Wildman–Crippen MR) is 77.1 cm³/mol. The van der Waals surface area contributed by atoms with Crippen molar-refractivity contribution in [3.8, 4) is 11.3 Å². The molecule has 0 bridgehead atoms. The highest BCUT2D eigenvalue weighted by atomic mass is 35.5. The van der Waals surface area contributed by atoms with E-state index in [0.717, 1.165) is 17.3 Å².